The molecule has 0 bridgehead atoms. The fourth-order valence-corrected chi connectivity index (χ4v) is 5.80. The van der Waals surface area contributed by atoms with E-state index in [0.29, 0.717) is 28.8 Å². The maximum absolute atomic E-state index is 14.4. The Bertz CT molecular complexity index is 1450. The summed E-state index contributed by atoms with van der Waals surface area (Å²) >= 11 is 1.37. The van der Waals surface area contributed by atoms with Gasteiger partial charge in [-0.1, -0.05) is 27.2 Å². The fourth-order valence-electron chi connectivity index (χ4n) is 4.98. The van der Waals surface area contributed by atoms with E-state index in [2.05, 4.69) is 36.1 Å². The lowest BCUT2D eigenvalue weighted by Crippen LogP contribution is -2.52. The molecule has 0 aliphatic heterocycles. The standard InChI is InChI=1S/C30H39FN8O4S/c1-17(2)24(32)27(41)37-25(29(42)43)18(3)7-10-23(40)34-14-19-15-35-28(44-19)21-8-9-22(39-38-21)36-16-30(11-5-12-30)26-20(31)6-4-13-33-26/h4,6,8-9,13,15,17-18,24-25H,5,7,10-12,14,16,32H2,1-3H3,(H,34,40)(H,36,39)(H,37,41)(H,42,43)/t18?,24-,25-/m0/s1. The van der Waals surface area contributed by atoms with E-state index in [0.717, 1.165) is 24.1 Å². The van der Waals surface area contributed by atoms with Crippen molar-refractivity contribution >= 4 is 34.9 Å². The Labute approximate surface area is 259 Å². The first-order valence-electron chi connectivity index (χ1n) is 14.7. The van der Waals surface area contributed by atoms with Crippen LogP contribution >= 0.6 is 11.3 Å². The van der Waals surface area contributed by atoms with E-state index < -0.39 is 29.9 Å². The van der Waals surface area contributed by atoms with Crippen molar-refractivity contribution in [1.82, 2.24) is 30.8 Å². The van der Waals surface area contributed by atoms with E-state index >= 15 is 0 Å². The highest BCUT2D eigenvalue weighted by Crippen LogP contribution is 2.43. The van der Waals surface area contributed by atoms with Gasteiger partial charge >= 0.3 is 5.97 Å². The van der Waals surface area contributed by atoms with Gasteiger partial charge in [-0.15, -0.1) is 21.5 Å². The van der Waals surface area contributed by atoms with Crippen LogP contribution in [0, 0.1) is 17.7 Å². The molecule has 1 fully saturated rings. The van der Waals surface area contributed by atoms with Gasteiger partial charge in [0.1, 0.15) is 28.4 Å². The molecule has 3 aromatic heterocycles. The Morgan fingerprint density at radius 1 is 1.14 bits per heavy atom. The number of hydrogen-bond acceptors (Lipinski definition) is 10. The van der Waals surface area contributed by atoms with Crippen LogP contribution in [0.4, 0.5) is 10.2 Å². The second-order valence-electron chi connectivity index (χ2n) is 11.6. The van der Waals surface area contributed by atoms with Crippen molar-refractivity contribution in [3.05, 3.63) is 53.0 Å². The molecular formula is C30H39FN8O4S. The fraction of sp³-hybridized carbons (Fsp3) is 0.500. The smallest absolute Gasteiger partial charge is 0.326 e. The van der Waals surface area contributed by atoms with Crippen molar-refractivity contribution in [3.63, 3.8) is 0 Å². The molecule has 1 aliphatic carbocycles. The van der Waals surface area contributed by atoms with Crippen LogP contribution in [-0.4, -0.2) is 61.7 Å². The SMILES string of the molecule is CC(C)[C@H](N)C(=O)N[C@H](C(=O)O)C(C)CCC(=O)NCc1cnc(-c2ccc(NCC3(c4ncccc4F)CCC3)nn2)s1. The number of pyridine rings is 1. The Kier molecular flexibility index (Phi) is 10.9. The molecule has 1 unspecified atom stereocenters. The van der Waals surface area contributed by atoms with Crippen LogP contribution < -0.4 is 21.7 Å². The minimum absolute atomic E-state index is 0.0942. The van der Waals surface area contributed by atoms with Gasteiger partial charge in [0.2, 0.25) is 11.8 Å². The number of carbonyl (C=O) groups excluding carboxylic acids is 2. The molecule has 3 atom stereocenters. The first kappa shape index (κ1) is 32.9. The lowest BCUT2D eigenvalue weighted by molar-refractivity contribution is -0.143. The normalized spacial score (nSPS) is 16.0. The van der Waals surface area contributed by atoms with E-state index in [1.54, 1.807) is 51.4 Å². The molecule has 44 heavy (non-hydrogen) atoms. The zero-order valence-electron chi connectivity index (χ0n) is 25.0. The molecule has 0 aromatic carbocycles. The van der Waals surface area contributed by atoms with Gasteiger partial charge in [-0.3, -0.25) is 14.6 Å². The summed E-state index contributed by atoms with van der Waals surface area (Å²) in [7, 11) is 0. The summed E-state index contributed by atoms with van der Waals surface area (Å²) in [5.74, 6) is -2.29. The predicted molar refractivity (Wildman–Crippen MR) is 164 cm³/mol. The molecule has 1 saturated carbocycles. The number of nitrogens with zero attached hydrogens (tertiary/aromatic N) is 4. The summed E-state index contributed by atoms with van der Waals surface area (Å²) in [4.78, 5) is 46.0. The number of carboxylic acids is 1. The molecule has 0 radical (unpaired) electrons. The summed E-state index contributed by atoms with van der Waals surface area (Å²) in [6, 6.07) is 4.68. The van der Waals surface area contributed by atoms with Crippen molar-refractivity contribution < 1.29 is 23.9 Å². The first-order chi connectivity index (χ1) is 21.0. The number of thiazole rings is 1. The Balaban J connectivity index is 1.24. The molecular weight excluding hydrogens is 587 g/mol. The Morgan fingerprint density at radius 3 is 2.52 bits per heavy atom. The molecule has 0 spiro atoms. The number of carbonyl (C=O) groups is 3. The van der Waals surface area contributed by atoms with Gasteiger partial charge in [0.05, 0.1) is 18.3 Å². The zero-order valence-corrected chi connectivity index (χ0v) is 25.9. The number of aliphatic carboxylic acids is 1. The number of rotatable bonds is 15. The molecule has 3 aromatic rings. The van der Waals surface area contributed by atoms with Crippen LogP contribution in [0.25, 0.3) is 10.7 Å². The number of anilines is 1. The largest absolute Gasteiger partial charge is 0.480 e. The van der Waals surface area contributed by atoms with Crippen LogP contribution in [-0.2, 0) is 26.3 Å². The van der Waals surface area contributed by atoms with Crippen LogP contribution in [0.3, 0.4) is 0 Å². The van der Waals surface area contributed by atoms with Gasteiger partial charge < -0.3 is 26.8 Å². The Hall–Kier alpha value is -4.04. The molecule has 1 aliphatic rings. The highest BCUT2D eigenvalue weighted by Gasteiger charge is 2.41. The van der Waals surface area contributed by atoms with Crippen LogP contribution in [0.1, 0.15) is 63.4 Å². The number of aromatic nitrogens is 4. The molecule has 236 valence electrons. The predicted octanol–water partition coefficient (Wildman–Crippen LogP) is 3.25. The third kappa shape index (κ3) is 8.11. The number of hydrogen-bond donors (Lipinski definition) is 5. The summed E-state index contributed by atoms with van der Waals surface area (Å²) in [5.41, 5.74) is 6.55. The average Bonchev–Trinajstić information content (AvgIpc) is 3.46. The van der Waals surface area contributed by atoms with Crippen molar-refractivity contribution in [2.75, 3.05) is 11.9 Å². The van der Waals surface area contributed by atoms with Crippen molar-refractivity contribution in [2.45, 2.75) is 76.9 Å². The zero-order chi connectivity index (χ0) is 31.9. The van der Waals surface area contributed by atoms with Crippen LogP contribution in [0.2, 0.25) is 0 Å². The van der Waals surface area contributed by atoms with Crippen molar-refractivity contribution in [2.24, 2.45) is 17.6 Å². The monoisotopic (exact) mass is 626 g/mol. The van der Waals surface area contributed by atoms with E-state index in [-0.39, 0.29) is 42.4 Å². The summed E-state index contributed by atoms with van der Waals surface area (Å²) < 4.78 is 14.4. The molecule has 2 amide bonds. The summed E-state index contributed by atoms with van der Waals surface area (Å²) in [5, 5.41) is 27.4. The molecule has 0 saturated heterocycles. The maximum Gasteiger partial charge on any atom is 0.326 e. The van der Waals surface area contributed by atoms with Crippen molar-refractivity contribution in [3.8, 4) is 10.7 Å². The van der Waals surface area contributed by atoms with E-state index in [1.807, 2.05) is 0 Å². The van der Waals surface area contributed by atoms with Gasteiger partial charge in [0.15, 0.2) is 0 Å². The lowest BCUT2D eigenvalue weighted by Gasteiger charge is -2.41. The topological polar surface area (TPSA) is 185 Å². The first-order valence-corrected chi connectivity index (χ1v) is 15.5. The van der Waals surface area contributed by atoms with Crippen molar-refractivity contribution in [1.29, 1.82) is 0 Å². The minimum Gasteiger partial charge on any atom is -0.480 e. The minimum atomic E-state index is -1.17. The van der Waals surface area contributed by atoms with E-state index in [1.165, 1.54) is 17.4 Å². The summed E-state index contributed by atoms with van der Waals surface area (Å²) in [6.07, 6.45) is 6.36. The molecule has 4 rings (SSSR count). The van der Waals surface area contributed by atoms with Gasteiger partial charge in [-0.2, -0.15) is 0 Å². The van der Waals surface area contributed by atoms with E-state index in [9.17, 15) is 23.9 Å². The third-order valence-electron chi connectivity index (χ3n) is 8.06. The second-order valence-corrected chi connectivity index (χ2v) is 12.8. The maximum atomic E-state index is 14.4. The van der Waals surface area contributed by atoms with Crippen LogP contribution in [0.5, 0.6) is 0 Å². The highest BCUT2D eigenvalue weighted by molar-refractivity contribution is 7.15. The number of halogens is 1. The van der Waals surface area contributed by atoms with Gasteiger partial charge in [-0.25, -0.2) is 14.2 Å². The van der Waals surface area contributed by atoms with Crippen LogP contribution in [0.15, 0.2) is 36.7 Å². The third-order valence-corrected chi connectivity index (χ3v) is 9.08. The molecule has 3 heterocycles. The summed E-state index contributed by atoms with van der Waals surface area (Å²) in [6.45, 7) is 6.00. The molecule has 14 heteroatoms. The molecule has 12 nitrogen and oxygen atoms in total. The number of nitrogens with one attached hydrogen (secondary N) is 3. The Morgan fingerprint density at radius 2 is 1.91 bits per heavy atom. The molecule has 6 N–H and O–H groups in total. The van der Waals surface area contributed by atoms with E-state index in [4.69, 9.17) is 5.73 Å². The number of amides is 2. The van der Waals surface area contributed by atoms with Gasteiger partial charge in [0.25, 0.3) is 0 Å². The number of carboxylic acid groups (broad SMARTS) is 1. The second kappa shape index (κ2) is 14.6. The average molecular weight is 627 g/mol. The van der Waals surface area contributed by atoms with Gasteiger partial charge in [0, 0.05) is 35.7 Å². The number of nitrogens with two attached hydrogens (primary N) is 1. The quantitative estimate of drug-likeness (QED) is 0.168. The van der Waals surface area contributed by atoms with Gasteiger partial charge in [-0.05, 0) is 55.4 Å². The highest BCUT2D eigenvalue weighted by atomic mass is 32.1. The lowest BCUT2D eigenvalue weighted by atomic mass is 9.66.